The number of hydrogen-bond donors (Lipinski definition) is 1. The highest BCUT2D eigenvalue weighted by Crippen LogP contribution is 2.45. The SMILES string of the molecule is CCOC(=O)[C@@H]1[C@@H](c2ccccc2)N(C(=O)OCc2ccccc2)OC1(C)O. The van der Waals surface area contributed by atoms with Gasteiger partial charge in [-0.05, 0) is 25.0 Å². The minimum atomic E-state index is -1.93. The maximum Gasteiger partial charge on any atom is 0.435 e. The molecule has 3 atom stereocenters. The molecule has 1 N–H and O–H groups in total. The molecule has 1 heterocycles. The fraction of sp³-hybridized carbons (Fsp3) is 0.333. The molecular weight excluding hydrogens is 362 g/mol. The van der Waals surface area contributed by atoms with Crippen LogP contribution in [0.3, 0.4) is 0 Å². The summed E-state index contributed by atoms with van der Waals surface area (Å²) in [5.41, 5.74) is 1.43. The highest BCUT2D eigenvalue weighted by Gasteiger charge is 2.58. The lowest BCUT2D eigenvalue weighted by Gasteiger charge is -2.24. The monoisotopic (exact) mass is 385 g/mol. The molecule has 0 aromatic heterocycles. The maximum atomic E-state index is 12.7. The highest BCUT2D eigenvalue weighted by molar-refractivity contribution is 5.77. The second-order valence-electron chi connectivity index (χ2n) is 6.60. The van der Waals surface area contributed by atoms with Crippen LogP contribution in [0.2, 0.25) is 0 Å². The molecule has 1 unspecified atom stereocenters. The topological polar surface area (TPSA) is 85.3 Å². The lowest BCUT2D eigenvalue weighted by atomic mass is 9.88. The van der Waals surface area contributed by atoms with E-state index in [4.69, 9.17) is 14.3 Å². The van der Waals surface area contributed by atoms with E-state index in [0.29, 0.717) is 5.56 Å². The van der Waals surface area contributed by atoms with E-state index < -0.39 is 29.8 Å². The Balaban J connectivity index is 1.87. The van der Waals surface area contributed by atoms with Crippen molar-refractivity contribution in [2.75, 3.05) is 6.61 Å². The molecule has 1 amide bonds. The second kappa shape index (κ2) is 8.41. The Morgan fingerprint density at radius 3 is 2.29 bits per heavy atom. The number of aliphatic hydroxyl groups is 1. The molecule has 1 fully saturated rings. The fourth-order valence-electron chi connectivity index (χ4n) is 3.23. The number of ether oxygens (including phenoxy) is 2. The Labute approximate surface area is 163 Å². The predicted molar refractivity (Wildman–Crippen MR) is 99.5 cm³/mol. The number of amides is 1. The number of nitrogens with zero attached hydrogens (tertiary/aromatic N) is 1. The average Bonchev–Trinajstić information content (AvgIpc) is 2.99. The van der Waals surface area contributed by atoms with Crippen LogP contribution in [0, 0.1) is 5.92 Å². The first-order valence-corrected chi connectivity index (χ1v) is 9.07. The molecule has 0 bridgehead atoms. The number of carbonyl (C=O) groups is 2. The molecule has 7 nitrogen and oxygen atoms in total. The molecule has 28 heavy (non-hydrogen) atoms. The van der Waals surface area contributed by atoms with Gasteiger partial charge in [-0.1, -0.05) is 60.7 Å². The van der Waals surface area contributed by atoms with Crippen molar-refractivity contribution in [3.63, 3.8) is 0 Å². The summed E-state index contributed by atoms with van der Waals surface area (Å²) in [5.74, 6) is -3.71. The Kier molecular flexibility index (Phi) is 5.96. The first kappa shape index (κ1) is 19.9. The summed E-state index contributed by atoms with van der Waals surface area (Å²) in [6.07, 6.45) is -0.801. The third-order valence-electron chi connectivity index (χ3n) is 4.50. The Bertz CT molecular complexity index is 808. The van der Waals surface area contributed by atoms with Crippen molar-refractivity contribution >= 4 is 12.1 Å². The summed E-state index contributed by atoms with van der Waals surface area (Å²) < 4.78 is 10.5. The summed E-state index contributed by atoms with van der Waals surface area (Å²) >= 11 is 0. The summed E-state index contributed by atoms with van der Waals surface area (Å²) in [7, 11) is 0. The molecule has 0 spiro atoms. The van der Waals surface area contributed by atoms with Crippen LogP contribution in [0.1, 0.15) is 31.0 Å². The standard InChI is InChI=1S/C21H23NO6/c1-3-26-19(23)17-18(16-12-8-5-9-13-16)22(28-21(17,2)25)20(24)27-14-15-10-6-4-7-11-15/h4-13,17-18,25H,3,14H2,1-2H3/t17-,18+,21?/m0/s1. The fourth-order valence-corrected chi connectivity index (χ4v) is 3.23. The van der Waals surface area contributed by atoms with Crippen LogP contribution in [0.5, 0.6) is 0 Å². The molecule has 2 aromatic rings. The number of rotatable bonds is 5. The van der Waals surface area contributed by atoms with Crippen molar-refractivity contribution < 1.29 is 29.0 Å². The summed E-state index contributed by atoms with van der Waals surface area (Å²) in [5, 5.41) is 11.6. The van der Waals surface area contributed by atoms with E-state index in [1.54, 1.807) is 31.2 Å². The van der Waals surface area contributed by atoms with E-state index in [0.717, 1.165) is 10.6 Å². The molecule has 1 aliphatic heterocycles. The number of esters is 1. The van der Waals surface area contributed by atoms with Gasteiger partial charge in [0.05, 0.1) is 6.61 Å². The summed E-state index contributed by atoms with van der Waals surface area (Å²) in [6, 6.07) is 17.2. The van der Waals surface area contributed by atoms with Gasteiger partial charge >= 0.3 is 12.1 Å². The molecular formula is C21H23NO6. The first-order valence-electron chi connectivity index (χ1n) is 9.07. The van der Waals surface area contributed by atoms with Crippen LogP contribution in [0.4, 0.5) is 4.79 Å². The largest absolute Gasteiger partial charge is 0.466 e. The van der Waals surface area contributed by atoms with Crippen molar-refractivity contribution in [2.45, 2.75) is 32.3 Å². The van der Waals surface area contributed by atoms with E-state index >= 15 is 0 Å². The van der Waals surface area contributed by atoms with Crippen LogP contribution in [-0.2, 0) is 25.7 Å². The van der Waals surface area contributed by atoms with Gasteiger partial charge < -0.3 is 14.6 Å². The summed E-state index contributed by atoms with van der Waals surface area (Å²) in [6.45, 7) is 3.18. The van der Waals surface area contributed by atoms with Gasteiger partial charge in [-0.25, -0.2) is 9.63 Å². The Morgan fingerprint density at radius 2 is 1.68 bits per heavy atom. The predicted octanol–water partition coefficient (Wildman–Crippen LogP) is 3.20. The second-order valence-corrected chi connectivity index (χ2v) is 6.60. The molecule has 7 heteroatoms. The molecule has 1 saturated heterocycles. The minimum Gasteiger partial charge on any atom is -0.466 e. The van der Waals surface area contributed by atoms with E-state index in [1.165, 1.54) is 6.92 Å². The van der Waals surface area contributed by atoms with Gasteiger partial charge in [0, 0.05) is 0 Å². The van der Waals surface area contributed by atoms with Crippen molar-refractivity contribution in [2.24, 2.45) is 5.92 Å². The number of carbonyl (C=O) groups excluding carboxylic acids is 2. The quantitative estimate of drug-likeness (QED) is 0.796. The lowest BCUT2D eigenvalue weighted by molar-refractivity contribution is -0.269. The van der Waals surface area contributed by atoms with E-state index in [-0.39, 0.29) is 13.2 Å². The van der Waals surface area contributed by atoms with Crippen molar-refractivity contribution in [1.29, 1.82) is 0 Å². The number of benzene rings is 2. The molecule has 0 radical (unpaired) electrons. The number of hydrogen-bond acceptors (Lipinski definition) is 6. The van der Waals surface area contributed by atoms with Gasteiger partial charge in [0.25, 0.3) is 0 Å². The van der Waals surface area contributed by atoms with Crippen LogP contribution in [0.25, 0.3) is 0 Å². The van der Waals surface area contributed by atoms with Crippen molar-refractivity contribution in [3.05, 3.63) is 71.8 Å². The Morgan fingerprint density at radius 1 is 1.07 bits per heavy atom. The third-order valence-corrected chi connectivity index (χ3v) is 4.50. The highest BCUT2D eigenvalue weighted by atomic mass is 16.8. The smallest absolute Gasteiger partial charge is 0.435 e. The average molecular weight is 385 g/mol. The van der Waals surface area contributed by atoms with Gasteiger partial charge in [0.2, 0.25) is 5.79 Å². The van der Waals surface area contributed by atoms with Gasteiger partial charge in [-0.3, -0.25) is 4.79 Å². The zero-order valence-electron chi connectivity index (χ0n) is 15.8. The van der Waals surface area contributed by atoms with E-state index in [1.807, 2.05) is 36.4 Å². The number of hydroxylamine groups is 2. The molecule has 3 rings (SSSR count). The van der Waals surface area contributed by atoms with Gasteiger partial charge in [-0.15, -0.1) is 0 Å². The van der Waals surface area contributed by atoms with Gasteiger partial charge in [0.15, 0.2) is 0 Å². The van der Waals surface area contributed by atoms with Crippen LogP contribution < -0.4 is 0 Å². The molecule has 1 aliphatic rings. The zero-order valence-corrected chi connectivity index (χ0v) is 15.8. The normalized spacial score (nSPS) is 24.0. The molecule has 148 valence electrons. The molecule has 2 aromatic carbocycles. The lowest BCUT2D eigenvalue weighted by Crippen LogP contribution is -2.39. The minimum absolute atomic E-state index is 0.0350. The zero-order chi connectivity index (χ0) is 20.1. The maximum absolute atomic E-state index is 12.7. The molecule has 0 aliphatic carbocycles. The third kappa shape index (κ3) is 4.16. The van der Waals surface area contributed by atoms with Crippen molar-refractivity contribution in [1.82, 2.24) is 5.06 Å². The van der Waals surface area contributed by atoms with E-state index in [2.05, 4.69) is 0 Å². The van der Waals surface area contributed by atoms with E-state index in [9.17, 15) is 14.7 Å². The van der Waals surface area contributed by atoms with Crippen LogP contribution in [-0.4, -0.2) is 34.6 Å². The van der Waals surface area contributed by atoms with Gasteiger partial charge in [0.1, 0.15) is 18.6 Å². The molecule has 0 saturated carbocycles. The summed E-state index contributed by atoms with van der Waals surface area (Å²) in [4.78, 5) is 30.7. The van der Waals surface area contributed by atoms with Crippen LogP contribution >= 0.6 is 0 Å². The first-order chi connectivity index (χ1) is 13.4. The van der Waals surface area contributed by atoms with Crippen LogP contribution in [0.15, 0.2) is 60.7 Å². The Hall–Kier alpha value is -2.90. The van der Waals surface area contributed by atoms with Crippen molar-refractivity contribution in [3.8, 4) is 0 Å². The van der Waals surface area contributed by atoms with Gasteiger partial charge in [-0.2, -0.15) is 5.06 Å².